The van der Waals surface area contributed by atoms with E-state index in [1.165, 1.54) is 61.3 Å². The molecule has 1 aliphatic rings. The van der Waals surface area contributed by atoms with Crippen LogP contribution < -0.4 is 4.74 Å². The molecule has 0 spiro atoms. The van der Waals surface area contributed by atoms with E-state index in [1.807, 2.05) is 6.20 Å². The van der Waals surface area contributed by atoms with Crippen molar-refractivity contribution in [2.24, 2.45) is 0 Å². The number of pyridine rings is 1. The third kappa shape index (κ3) is 7.80. The Morgan fingerprint density at radius 1 is 0.565 bits per heavy atom. The van der Waals surface area contributed by atoms with E-state index >= 15 is 0 Å². The van der Waals surface area contributed by atoms with E-state index in [1.54, 1.807) is 0 Å². The second-order valence-electron chi connectivity index (χ2n) is 19.2. The van der Waals surface area contributed by atoms with E-state index in [0.717, 1.165) is 62.6 Å². The van der Waals surface area contributed by atoms with Gasteiger partial charge >= 0.3 is 302 Å². The summed E-state index contributed by atoms with van der Waals surface area (Å²) in [5.41, 5.74) is 16.3. The summed E-state index contributed by atoms with van der Waals surface area (Å²) in [6.07, 6.45) is 6.13. The van der Waals surface area contributed by atoms with Crippen LogP contribution in [0.4, 0.5) is 0 Å². The summed E-state index contributed by atoms with van der Waals surface area (Å²) >= 11 is 2.59. The molecule has 1 aliphatic carbocycles. The minimum Gasteiger partial charge on any atom is -0.0622 e. The third-order valence-corrected chi connectivity index (χ3v) is 14.9. The number of hydrogen-bond donors (Lipinski definition) is 0. The first-order valence-electron chi connectivity index (χ1n) is 24.0. The number of fused-ring (bicyclic) bond motifs is 5. The molecule has 5 nitrogen and oxygen atoms in total. The van der Waals surface area contributed by atoms with Crippen LogP contribution in [0.1, 0.15) is 62.8 Å². The molecule has 0 saturated heterocycles. The number of para-hydroxylation sites is 3. The van der Waals surface area contributed by atoms with Gasteiger partial charge in [-0.25, -0.2) is 4.98 Å². The second kappa shape index (κ2) is 17.6. The maximum atomic E-state index is 6.90. The van der Waals surface area contributed by atoms with Crippen molar-refractivity contribution in [2.75, 3.05) is 0 Å². The first-order valence-corrected chi connectivity index (χ1v) is 25.1. The van der Waals surface area contributed by atoms with Crippen LogP contribution in [0.2, 0.25) is 0 Å². The van der Waals surface area contributed by atoms with E-state index in [9.17, 15) is 0 Å². The normalized spacial score (nSPS) is 14.0. The van der Waals surface area contributed by atoms with Gasteiger partial charge in [0, 0.05) is 6.20 Å². The average molecular weight is 1070 g/mol. The van der Waals surface area contributed by atoms with Crippen molar-refractivity contribution in [3.05, 3.63) is 227 Å². The molecule has 3 aromatic heterocycles. The number of ether oxygens (including phenoxy) is 1. The van der Waals surface area contributed by atoms with Crippen molar-refractivity contribution in [1.29, 1.82) is 0 Å². The molecule has 1 atom stereocenters. The quantitative estimate of drug-likeness (QED) is 0.112. The molecule has 3 heterocycles. The Balaban J connectivity index is 0.991. The minimum absolute atomic E-state index is 0.0303. The monoisotopic (exact) mass is 1070 g/mol. The van der Waals surface area contributed by atoms with Crippen molar-refractivity contribution in [3.63, 3.8) is 0 Å². The van der Waals surface area contributed by atoms with Gasteiger partial charge in [0.2, 0.25) is 0 Å². The van der Waals surface area contributed by atoms with Crippen molar-refractivity contribution in [1.82, 2.24) is 18.7 Å². The fraction of sp³-hybridized carbons (Fsp3) is 0.143. The van der Waals surface area contributed by atoms with E-state index < -0.39 is 0 Å². The summed E-state index contributed by atoms with van der Waals surface area (Å²) in [6, 6.07) is 75.1. The number of aryl methyl sites for hydroxylation is 1. The number of nitrogens with zero attached hydrogens (tertiary/aromatic N) is 4. The second-order valence-corrected chi connectivity index (χ2v) is 20.2. The van der Waals surface area contributed by atoms with Gasteiger partial charge in [-0.2, -0.15) is 0 Å². The molecule has 69 heavy (non-hydrogen) atoms. The van der Waals surface area contributed by atoms with E-state index in [0.29, 0.717) is 11.5 Å². The first kappa shape index (κ1) is 43.0. The van der Waals surface area contributed by atoms with Gasteiger partial charge in [0.1, 0.15) is 0 Å². The van der Waals surface area contributed by atoms with Crippen molar-refractivity contribution in [3.8, 4) is 56.4 Å². The van der Waals surface area contributed by atoms with Crippen LogP contribution in [0.15, 0.2) is 194 Å². The van der Waals surface area contributed by atoms with Gasteiger partial charge in [0.25, 0.3) is 0 Å². The first-order chi connectivity index (χ1) is 33.8. The Kier molecular flexibility index (Phi) is 11.0. The van der Waals surface area contributed by atoms with Crippen LogP contribution in [0.5, 0.6) is 11.5 Å². The van der Waals surface area contributed by atoms with Crippen LogP contribution in [-0.4, -0.2) is 18.7 Å². The number of benzene rings is 8. The van der Waals surface area contributed by atoms with Gasteiger partial charge in [-0.15, -0.1) is 0 Å². The SMILES string of the molecule is CC(C)(C)c1ccnc(-n2c3[c-]c(Oc4[c-]c5c(cc4)CCCCC5n4[c](=[Pt])n(-c5c(-c6ccccc6)cccc5-c5ccccc5)c5ccccc54)ccc3c3cc(-c4ccccc4)ccc32)c1. The van der Waals surface area contributed by atoms with Crippen molar-refractivity contribution < 1.29 is 24.1 Å². The molecule has 0 amide bonds. The summed E-state index contributed by atoms with van der Waals surface area (Å²) in [4.78, 5) is 4.97. The molecule has 0 saturated carbocycles. The Hall–Kier alpha value is -7.33. The summed E-state index contributed by atoms with van der Waals surface area (Å²) < 4.78 is 15.3. The van der Waals surface area contributed by atoms with Gasteiger partial charge in [0.15, 0.2) is 0 Å². The number of hydrogen-bond acceptors (Lipinski definition) is 2. The number of imidazole rings is 1. The predicted molar refractivity (Wildman–Crippen MR) is 278 cm³/mol. The Morgan fingerprint density at radius 3 is 1.93 bits per heavy atom. The smallest absolute Gasteiger partial charge is 0.0622 e. The minimum atomic E-state index is -0.0447. The number of rotatable bonds is 8. The van der Waals surface area contributed by atoms with E-state index in [-0.39, 0.29) is 11.5 Å². The molecule has 0 fully saturated rings. The molecule has 6 heteroatoms. The zero-order valence-corrected chi connectivity index (χ0v) is 41.2. The summed E-state index contributed by atoms with van der Waals surface area (Å²) in [5, 5.41) is 2.24. The van der Waals surface area contributed by atoms with Gasteiger partial charge in [-0.1, -0.05) is 63.2 Å². The predicted octanol–water partition coefficient (Wildman–Crippen LogP) is 16.0. The molecule has 340 valence electrons. The Labute approximate surface area is 414 Å². The van der Waals surface area contributed by atoms with Gasteiger partial charge in [0.05, 0.1) is 0 Å². The van der Waals surface area contributed by atoms with Crippen molar-refractivity contribution in [2.45, 2.75) is 57.9 Å². The zero-order valence-electron chi connectivity index (χ0n) is 38.9. The third-order valence-electron chi connectivity index (χ3n) is 13.8. The fourth-order valence-electron chi connectivity index (χ4n) is 10.4. The molecule has 12 rings (SSSR count). The standard InChI is InChI=1S/C63H50N4O.Pt/c1-63(2,3)48-36-37-64-61(39-48)67-57-35-31-47(43-18-7-4-8-19-43)38-55(57)53-34-33-50(41-60(53)67)68-49-32-30-46-24-13-14-27-56(54(46)40-49)65-42-66(59-29-16-15-28-58(59)65)62-51(44-20-9-5-10-21-44)25-17-26-52(62)45-22-11-6-12-23-45;/h4-12,15-23,25-26,28-39,56H,13-14,24,27H2,1-3H3;/q-2;. The zero-order chi connectivity index (χ0) is 46.6. The van der Waals surface area contributed by atoms with Crippen LogP contribution in [-0.2, 0) is 31.2 Å². The molecule has 11 aromatic rings. The number of aromatic nitrogens is 4. The molecule has 1 unspecified atom stereocenters. The van der Waals surface area contributed by atoms with Crippen LogP contribution >= 0.6 is 0 Å². The Morgan fingerprint density at radius 2 is 1.22 bits per heavy atom. The fourth-order valence-corrected chi connectivity index (χ4v) is 11.6. The van der Waals surface area contributed by atoms with Crippen LogP contribution in [0.25, 0.3) is 77.7 Å². The van der Waals surface area contributed by atoms with Gasteiger partial charge < -0.3 is 0 Å². The van der Waals surface area contributed by atoms with Crippen LogP contribution in [0, 0.1) is 15.9 Å². The summed E-state index contributed by atoms with van der Waals surface area (Å²) in [7, 11) is 0. The van der Waals surface area contributed by atoms with E-state index in [2.05, 4.69) is 254 Å². The van der Waals surface area contributed by atoms with Crippen LogP contribution in [0.3, 0.4) is 0 Å². The Bertz CT molecular complexity index is 3710. The average Bonchev–Trinajstić information content (AvgIpc) is 3.77. The van der Waals surface area contributed by atoms with Gasteiger partial charge in [-0.05, 0) is 40.3 Å². The topological polar surface area (TPSA) is 36.9 Å². The molecular formula is C63H50N4OPt-2. The molecule has 8 aromatic carbocycles. The molecular weight excluding hydrogens is 1020 g/mol. The maximum absolute atomic E-state index is 6.90. The molecule has 0 radical (unpaired) electrons. The molecule has 0 bridgehead atoms. The summed E-state index contributed by atoms with van der Waals surface area (Å²) in [5.74, 6) is 2.17. The van der Waals surface area contributed by atoms with Gasteiger partial charge in [-0.3, -0.25) is 0 Å². The van der Waals surface area contributed by atoms with E-state index in [4.69, 9.17) is 9.72 Å². The van der Waals surface area contributed by atoms with Crippen molar-refractivity contribution >= 4 is 32.8 Å². The molecule has 0 aliphatic heterocycles. The summed E-state index contributed by atoms with van der Waals surface area (Å²) in [6.45, 7) is 6.73. The molecule has 0 N–H and O–H groups in total.